The van der Waals surface area contributed by atoms with E-state index in [-0.39, 0.29) is 5.91 Å². The molecule has 0 radical (unpaired) electrons. The van der Waals surface area contributed by atoms with Crippen molar-refractivity contribution in [1.82, 2.24) is 51.8 Å². The van der Waals surface area contributed by atoms with E-state index in [1.807, 2.05) is 92.9 Å². The Morgan fingerprint density at radius 3 is 1.47 bits per heavy atom. The topological polar surface area (TPSA) is 240 Å². The molecule has 9 aromatic rings. The number of H-pyrrole nitrogens is 4. The Kier molecular flexibility index (Phi) is 20.4. The van der Waals surface area contributed by atoms with Crippen molar-refractivity contribution in [2.24, 2.45) is 0 Å². The minimum atomic E-state index is -3.32. The fourth-order valence-electron chi connectivity index (χ4n) is 13.2. The van der Waals surface area contributed by atoms with Gasteiger partial charge in [-0.05, 0) is 160 Å². The number of fused-ring (bicyclic) bond motifs is 4. The van der Waals surface area contributed by atoms with E-state index in [1.165, 1.54) is 54.8 Å². The minimum Gasteiger partial charge on any atom is -0.445 e. The van der Waals surface area contributed by atoms with Crippen LogP contribution >= 0.6 is 34.8 Å². The molecule has 4 aromatic carbocycles. The number of piperidine rings is 3. The molecule has 5 N–H and O–H groups in total. The molecule has 4 aliphatic heterocycles. The Morgan fingerprint density at radius 1 is 0.629 bits per heavy atom. The molecule has 0 saturated carbocycles. The van der Waals surface area contributed by atoms with Crippen LogP contribution in [-0.2, 0) is 35.2 Å². The highest BCUT2D eigenvalue weighted by Crippen LogP contribution is 2.40. The normalized spacial score (nSPS) is 18.1. The maximum absolute atomic E-state index is 12.2. The van der Waals surface area contributed by atoms with Gasteiger partial charge in [-0.1, -0.05) is 41.7 Å². The van der Waals surface area contributed by atoms with E-state index in [1.54, 1.807) is 35.2 Å². The molecule has 1 amide bonds. The second-order valence-electron chi connectivity index (χ2n) is 24.0. The molecule has 4 saturated heterocycles. The molecule has 0 aliphatic carbocycles. The third-order valence-electron chi connectivity index (χ3n) is 17.7. The van der Waals surface area contributed by atoms with Gasteiger partial charge in [0, 0.05) is 187 Å². The number of rotatable bonds is 11. The van der Waals surface area contributed by atoms with Gasteiger partial charge < -0.3 is 34.2 Å². The number of anilines is 1. The molecule has 20 nitrogen and oxygen atoms in total. The van der Waals surface area contributed by atoms with Crippen molar-refractivity contribution >= 4 is 120 Å². The van der Waals surface area contributed by atoms with Crippen molar-refractivity contribution in [3.63, 3.8) is 0 Å². The quantitative estimate of drug-likeness (QED) is 0.0820. The Hall–Kier alpha value is -5.96. The summed E-state index contributed by atoms with van der Waals surface area (Å²) in [5.41, 5.74) is 9.35. The number of piperazine rings is 1. The first-order valence-electron chi connectivity index (χ1n) is 30.0. The number of carbonyl (C=O) groups excluding carboxylic acids is 1. The second-order valence-corrected chi connectivity index (χ2v) is 31.2. The van der Waals surface area contributed by atoms with Crippen LogP contribution in [0.25, 0.3) is 55.1 Å². The third-order valence-corrected chi connectivity index (χ3v) is 23.3. The number of benzene rings is 4. The summed E-state index contributed by atoms with van der Waals surface area (Å²) >= 11 is 18.6. The number of halogens is 3. The average molecular weight is 1330 g/mol. The molecule has 5 aromatic heterocycles. The minimum absolute atomic E-state index is 0.265. The number of likely N-dealkylation sites (tertiary alicyclic amines) is 1. The van der Waals surface area contributed by atoms with Crippen molar-refractivity contribution < 1.29 is 34.5 Å². The summed E-state index contributed by atoms with van der Waals surface area (Å²) in [6, 6.07) is 24.3. The van der Waals surface area contributed by atoms with Crippen molar-refractivity contribution in [3.05, 3.63) is 142 Å². The van der Waals surface area contributed by atoms with E-state index in [4.69, 9.17) is 39.2 Å². The average Bonchev–Trinajstić information content (AvgIpc) is 3.74. The number of nitrogens with one attached hydrogen (secondary N) is 5. The molecule has 0 unspecified atom stereocenters. The van der Waals surface area contributed by atoms with E-state index in [0.717, 1.165) is 95.3 Å². The lowest BCUT2D eigenvalue weighted by Crippen LogP contribution is -2.60. The molecule has 4 fully saturated rings. The highest BCUT2D eigenvalue weighted by molar-refractivity contribution is 7.88. The number of nitrogens with zero attached hydrogens (tertiary/aromatic N) is 7. The third kappa shape index (κ3) is 14.9. The molecular formula is C63H79Cl3N12O8S3. The number of hydrogen-bond donors (Lipinski definition) is 5. The summed E-state index contributed by atoms with van der Waals surface area (Å²) in [4.78, 5) is 33.1. The van der Waals surface area contributed by atoms with Crippen LogP contribution in [0, 0.1) is 0 Å². The lowest BCUT2D eigenvalue weighted by Gasteiger charge is -2.46. The zero-order valence-corrected chi connectivity index (χ0v) is 55.9. The largest absolute Gasteiger partial charge is 0.445 e. The van der Waals surface area contributed by atoms with Crippen LogP contribution in [0.1, 0.15) is 100 Å². The van der Waals surface area contributed by atoms with E-state index in [2.05, 4.69) is 64.9 Å². The molecule has 0 atom stereocenters. The lowest BCUT2D eigenvalue weighted by atomic mass is 9.87. The summed E-state index contributed by atoms with van der Waals surface area (Å²) in [6.45, 7) is 11.4. The van der Waals surface area contributed by atoms with E-state index in [0.29, 0.717) is 85.9 Å². The summed E-state index contributed by atoms with van der Waals surface area (Å²) in [5.74, 6) is 2.00. The van der Waals surface area contributed by atoms with Crippen LogP contribution in [0.15, 0.2) is 114 Å². The van der Waals surface area contributed by atoms with Gasteiger partial charge in [-0.3, -0.25) is 4.79 Å². The van der Waals surface area contributed by atoms with Crippen molar-refractivity contribution in [2.45, 2.75) is 89.0 Å². The molecule has 89 heavy (non-hydrogen) atoms. The van der Waals surface area contributed by atoms with Gasteiger partial charge in [0.25, 0.3) is 20.4 Å². The zero-order chi connectivity index (χ0) is 63.6. The molecule has 13 rings (SSSR count). The zero-order valence-electron chi connectivity index (χ0n) is 51.2. The van der Waals surface area contributed by atoms with Crippen LogP contribution in [0.5, 0.6) is 0 Å². The summed E-state index contributed by atoms with van der Waals surface area (Å²) < 4.78 is 85.9. The maximum atomic E-state index is 12.2. The fraction of sp³-hybridized carbons (Fsp3) is 0.429. The van der Waals surface area contributed by atoms with Crippen molar-refractivity contribution in [1.29, 1.82) is 0 Å². The van der Waals surface area contributed by atoms with Gasteiger partial charge in [0.1, 0.15) is 6.26 Å². The molecule has 4 aliphatic rings. The number of oxazole rings is 1. The van der Waals surface area contributed by atoms with Crippen LogP contribution in [0.2, 0.25) is 15.1 Å². The summed E-state index contributed by atoms with van der Waals surface area (Å²) in [7, 11) is -5.28. The smallest absolute Gasteiger partial charge is 0.281 e. The number of sulfonamides is 1. The van der Waals surface area contributed by atoms with Gasteiger partial charge in [0.05, 0.1) is 12.5 Å². The molecule has 478 valence electrons. The molecular weight excluding hydrogens is 1260 g/mol. The maximum Gasteiger partial charge on any atom is 0.281 e. The van der Waals surface area contributed by atoms with Gasteiger partial charge in [-0.15, -0.1) is 0 Å². The first-order valence-corrected chi connectivity index (χ1v) is 35.8. The first-order chi connectivity index (χ1) is 42.3. The van der Waals surface area contributed by atoms with Gasteiger partial charge in [0.15, 0.2) is 0 Å². The molecule has 26 heteroatoms. The van der Waals surface area contributed by atoms with Crippen molar-refractivity contribution in [2.75, 3.05) is 91.2 Å². The Morgan fingerprint density at radius 2 is 1.07 bits per heavy atom. The fourth-order valence-corrected chi connectivity index (χ4v) is 17.3. The second kappa shape index (κ2) is 27.5. The number of carbonyl (C=O) groups is 1. The lowest BCUT2D eigenvalue weighted by molar-refractivity contribution is -0.131. The predicted octanol–water partition coefficient (Wildman–Crippen LogP) is 11.9. The van der Waals surface area contributed by atoms with E-state index < -0.39 is 36.0 Å². The highest BCUT2D eigenvalue weighted by Gasteiger charge is 2.40. The SMILES string of the molecule is CC1(C)CN(c2cc(-c3ncco3)cc3[nH]ccc23)CCN1S(C)(=O)=O.CCC(=O)N1CCC(c2cc(Cl)cc3[nH]ccc23)CC1.CN(C)S(=O)(=O)N1CCC(c2cc(Cl)cc3[nH]ccc23)CC1.CNS(=O)(=O)N1CCC(c2cc(Cl)cc3[nH]ccc23)CC1. The predicted molar refractivity (Wildman–Crippen MR) is 358 cm³/mol. The first kappa shape index (κ1) is 66.0. The number of amides is 1. The van der Waals surface area contributed by atoms with Gasteiger partial charge >= 0.3 is 0 Å². The standard InChI is InChI=1S/C18H22N4O3S.C16H19ClN2O.C15H20ClN3O2S.C14H18ClN3O2S/c1-18(2)12-21(7-8-22(18)26(3,23)24)16-11-13(17-20-6-9-25-17)10-15-14(16)4-5-19-15;1-2-16(20)19-7-4-11(5-8-19)14-9-12(17)10-15-13(14)3-6-18-15;1-18(2)22(20,21)19-7-4-11(5-8-19)14-9-12(16)10-15-13(14)3-6-17-15;1-16-21(19,20)18-6-3-10(4-7-18)13-8-11(15)9-14-12(13)2-5-17-14/h4-6,9-11,19H,7-8,12H2,1-3H3;3,6,9-11,18H,2,4-5,7-8H2,1H3;3,6,9-11,17H,4-5,7-8H2,1-2H3;2,5,8-10,16-17H,3-4,6-7H2,1H3. The van der Waals surface area contributed by atoms with Gasteiger partial charge in [0.2, 0.25) is 21.8 Å². The van der Waals surface area contributed by atoms with Crippen molar-refractivity contribution in [3.8, 4) is 11.5 Å². The number of aromatic nitrogens is 5. The van der Waals surface area contributed by atoms with Crippen LogP contribution in [0.4, 0.5) is 5.69 Å². The van der Waals surface area contributed by atoms with E-state index >= 15 is 0 Å². The Bertz CT molecular complexity index is 4280. The molecule has 9 heterocycles. The Labute approximate surface area is 536 Å². The number of hydrogen-bond acceptors (Lipinski definition) is 10. The molecule has 0 bridgehead atoms. The van der Waals surface area contributed by atoms with Crippen LogP contribution < -0.4 is 9.62 Å². The van der Waals surface area contributed by atoms with Crippen LogP contribution in [0.3, 0.4) is 0 Å². The van der Waals surface area contributed by atoms with Gasteiger partial charge in [-0.25, -0.2) is 18.1 Å². The number of aromatic amines is 4. The molecule has 0 spiro atoms. The monoisotopic (exact) mass is 1330 g/mol. The van der Waals surface area contributed by atoms with Gasteiger partial charge in [-0.2, -0.15) is 34.1 Å². The summed E-state index contributed by atoms with van der Waals surface area (Å²) in [6.07, 6.45) is 18.0. The van der Waals surface area contributed by atoms with Crippen LogP contribution in [-0.4, -0.2) is 170 Å². The summed E-state index contributed by atoms with van der Waals surface area (Å²) in [5, 5.41) is 6.92. The Balaban J connectivity index is 0.000000131. The van der Waals surface area contributed by atoms with E-state index in [9.17, 15) is 30.0 Å². The highest BCUT2D eigenvalue weighted by atomic mass is 35.5.